The number of carbonyl (C=O) groups excluding carboxylic acids is 2. The SMILES string of the molecule is NCCCCCC(=O)NC(=O)OCc1ccccc1. The predicted molar refractivity (Wildman–Crippen MR) is 72.3 cm³/mol. The van der Waals surface area contributed by atoms with E-state index in [0.717, 1.165) is 24.8 Å². The first-order chi connectivity index (χ1) is 9.22. The Morgan fingerprint density at radius 1 is 1.11 bits per heavy atom. The minimum atomic E-state index is -0.701. The van der Waals surface area contributed by atoms with Gasteiger partial charge in [-0.2, -0.15) is 0 Å². The number of unbranched alkanes of at least 4 members (excludes halogenated alkanes) is 2. The lowest BCUT2D eigenvalue weighted by Crippen LogP contribution is -2.30. The molecule has 5 heteroatoms. The second kappa shape index (κ2) is 9.10. The highest BCUT2D eigenvalue weighted by atomic mass is 16.5. The quantitative estimate of drug-likeness (QED) is 0.738. The average Bonchev–Trinajstić information content (AvgIpc) is 2.42. The molecule has 0 saturated carbocycles. The van der Waals surface area contributed by atoms with Gasteiger partial charge in [0.25, 0.3) is 0 Å². The number of nitrogens with two attached hydrogens (primary N) is 1. The van der Waals surface area contributed by atoms with Gasteiger partial charge in [0.05, 0.1) is 0 Å². The molecule has 1 aromatic carbocycles. The number of rotatable bonds is 7. The number of amides is 2. The first kappa shape index (κ1) is 15.2. The minimum Gasteiger partial charge on any atom is -0.444 e. The van der Waals surface area contributed by atoms with Crippen molar-refractivity contribution < 1.29 is 14.3 Å². The summed E-state index contributed by atoms with van der Waals surface area (Å²) in [5.74, 6) is -0.310. The van der Waals surface area contributed by atoms with Crippen LogP contribution in [-0.4, -0.2) is 18.5 Å². The Hall–Kier alpha value is -1.88. The number of carbonyl (C=O) groups is 2. The Kier molecular flexibility index (Phi) is 7.27. The van der Waals surface area contributed by atoms with Gasteiger partial charge in [0.2, 0.25) is 5.91 Å². The third kappa shape index (κ3) is 7.21. The van der Waals surface area contributed by atoms with E-state index in [9.17, 15) is 9.59 Å². The topological polar surface area (TPSA) is 81.4 Å². The molecule has 0 saturated heterocycles. The molecule has 0 unspecified atom stereocenters. The molecule has 0 fully saturated rings. The van der Waals surface area contributed by atoms with Crippen molar-refractivity contribution in [2.24, 2.45) is 5.73 Å². The molecule has 0 aliphatic rings. The van der Waals surface area contributed by atoms with Gasteiger partial charge in [-0.1, -0.05) is 36.8 Å². The minimum absolute atomic E-state index is 0.160. The van der Waals surface area contributed by atoms with E-state index in [2.05, 4.69) is 5.32 Å². The van der Waals surface area contributed by atoms with Crippen molar-refractivity contribution in [3.63, 3.8) is 0 Å². The Morgan fingerprint density at radius 2 is 1.84 bits per heavy atom. The molecule has 1 aromatic rings. The summed E-state index contributed by atoms with van der Waals surface area (Å²) in [6.45, 7) is 0.786. The van der Waals surface area contributed by atoms with Crippen molar-refractivity contribution in [2.45, 2.75) is 32.3 Å². The maximum absolute atomic E-state index is 11.4. The second-order valence-corrected chi connectivity index (χ2v) is 4.21. The molecule has 19 heavy (non-hydrogen) atoms. The Morgan fingerprint density at radius 3 is 2.53 bits per heavy atom. The summed E-state index contributed by atoms with van der Waals surface area (Å²) in [4.78, 5) is 22.7. The number of hydrogen-bond acceptors (Lipinski definition) is 4. The van der Waals surface area contributed by atoms with Crippen LogP contribution in [0, 0.1) is 0 Å². The number of hydrogen-bond donors (Lipinski definition) is 2. The lowest BCUT2D eigenvalue weighted by atomic mass is 10.2. The Labute approximate surface area is 113 Å². The van der Waals surface area contributed by atoms with Crippen LogP contribution >= 0.6 is 0 Å². The number of alkyl carbamates (subject to hydrolysis) is 1. The zero-order chi connectivity index (χ0) is 13.9. The molecule has 0 bridgehead atoms. The average molecular weight is 264 g/mol. The van der Waals surface area contributed by atoms with E-state index in [1.165, 1.54) is 0 Å². The number of ether oxygens (including phenoxy) is 1. The molecule has 0 radical (unpaired) electrons. The molecule has 0 aromatic heterocycles. The smallest absolute Gasteiger partial charge is 0.414 e. The summed E-state index contributed by atoms with van der Waals surface area (Å²) in [6, 6.07) is 9.30. The van der Waals surface area contributed by atoms with E-state index in [0.29, 0.717) is 13.0 Å². The van der Waals surface area contributed by atoms with Gasteiger partial charge in [0.1, 0.15) is 6.61 Å². The largest absolute Gasteiger partial charge is 0.444 e. The number of nitrogens with one attached hydrogen (secondary N) is 1. The van der Waals surface area contributed by atoms with E-state index >= 15 is 0 Å². The first-order valence-corrected chi connectivity index (χ1v) is 6.43. The van der Waals surface area contributed by atoms with Crippen LogP contribution in [0.15, 0.2) is 30.3 Å². The zero-order valence-electron chi connectivity index (χ0n) is 10.9. The third-order valence-corrected chi connectivity index (χ3v) is 2.56. The summed E-state index contributed by atoms with van der Waals surface area (Å²) in [6.07, 6.45) is 2.14. The number of benzene rings is 1. The van der Waals surface area contributed by atoms with Crippen LogP contribution in [0.3, 0.4) is 0 Å². The maximum atomic E-state index is 11.4. The number of imide groups is 1. The standard InChI is InChI=1S/C14H20N2O3/c15-10-6-2-5-9-13(17)16-14(18)19-11-12-7-3-1-4-8-12/h1,3-4,7-8H,2,5-6,9-11,15H2,(H,16,17,18). The van der Waals surface area contributed by atoms with Gasteiger partial charge >= 0.3 is 6.09 Å². The van der Waals surface area contributed by atoms with Gasteiger partial charge in [-0.05, 0) is 24.9 Å². The lowest BCUT2D eigenvalue weighted by Gasteiger charge is -2.06. The van der Waals surface area contributed by atoms with Crippen LogP contribution in [-0.2, 0) is 16.1 Å². The van der Waals surface area contributed by atoms with E-state index in [4.69, 9.17) is 10.5 Å². The molecular weight excluding hydrogens is 244 g/mol. The van der Waals surface area contributed by atoms with Gasteiger partial charge in [-0.3, -0.25) is 10.1 Å². The van der Waals surface area contributed by atoms with Crippen LogP contribution < -0.4 is 11.1 Å². The summed E-state index contributed by atoms with van der Waals surface area (Å²) in [7, 11) is 0. The van der Waals surface area contributed by atoms with Gasteiger partial charge in [0, 0.05) is 6.42 Å². The predicted octanol–water partition coefficient (Wildman–Crippen LogP) is 1.96. The van der Waals surface area contributed by atoms with Crippen molar-refractivity contribution in [1.82, 2.24) is 5.32 Å². The molecular formula is C14H20N2O3. The molecule has 0 spiro atoms. The summed E-state index contributed by atoms with van der Waals surface area (Å²) in [5.41, 5.74) is 6.23. The van der Waals surface area contributed by atoms with Gasteiger partial charge < -0.3 is 10.5 Å². The van der Waals surface area contributed by atoms with Crippen molar-refractivity contribution in [3.05, 3.63) is 35.9 Å². The Balaban J connectivity index is 2.15. The molecule has 2 amide bonds. The van der Waals surface area contributed by atoms with Crippen LogP contribution in [0.2, 0.25) is 0 Å². The lowest BCUT2D eigenvalue weighted by molar-refractivity contribution is -0.120. The summed E-state index contributed by atoms with van der Waals surface area (Å²) < 4.78 is 4.94. The molecule has 5 nitrogen and oxygen atoms in total. The van der Waals surface area contributed by atoms with Crippen molar-refractivity contribution in [3.8, 4) is 0 Å². The molecule has 0 aliphatic heterocycles. The normalized spacial score (nSPS) is 9.95. The van der Waals surface area contributed by atoms with E-state index in [1.54, 1.807) is 0 Å². The van der Waals surface area contributed by atoms with E-state index in [-0.39, 0.29) is 12.5 Å². The maximum Gasteiger partial charge on any atom is 0.414 e. The molecule has 0 atom stereocenters. The first-order valence-electron chi connectivity index (χ1n) is 6.43. The van der Waals surface area contributed by atoms with E-state index < -0.39 is 6.09 Å². The van der Waals surface area contributed by atoms with Crippen molar-refractivity contribution >= 4 is 12.0 Å². The van der Waals surface area contributed by atoms with Crippen LogP contribution in [0.25, 0.3) is 0 Å². The van der Waals surface area contributed by atoms with Gasteiger partial charge in [-0.25, -0.2) is 4.79 Å². The van der Waals surface area contributed by atoms with Crippen molar-refractivity contribution in [2.75, 3.05) is 6.54 Å². The second-order valence-electron chi connectivity index (χ2n) is 4.21. The van der Waals surface area contributed by atoms with Crippen molar-refractivity contribution in [1.29, 1.82) is 0 Å². The fraction of sp³-hybridized carbons (Fsp3) is 0.429. The molecule has 104 valence electrons. The third-order valence-electron chi connectivity index (χ3n) is 2.56. The highest BCUT2D eigenvalue weighted by molar-refractivity contribution is 5.91. The summed E-state index contributed by atoms with van der Waals surface area (Å²) >= 11 is 0. The summed E-state index contributed by atoms with van der Waals surface area (Å²) in [5, 5.41) is 2.20. The zero-order valence-corrected chi connectivity index (χ0v) is 10.9. The highest BCUT2D eigenvalue weighted by Crippen LogP contribution is 2.01. The monoisotopic (exact) mass is 264 g/mol. The van der Waals surface area contributed by atoms with Crippen LogP contribution in [0.5, 0.6) is 0 Å². The molecule has 1 rings (SSSR count). The van der Waals surface area contributed by atoms with Gasteiger partial charge in [0.15, 0.2) is 0 Å². The molecule has 0 heterocycles. The van der Waals surface area contributed by atoms with Crippen LogP contribution in [0.4, 0.5) is 4.79 Å². The fourth-order valence-corrected chi connectivity index (χ4v) is 1.54. The Bertz CT molecular complexity index is 393. The van der Waals surface area contributed by atoms with E-state index in [1.807, 2.05) is 30.3 Å². The van der Waals surface area contributed by atoms with Crippen LogP contribution in [0.1, 0.15) is 31.2 Å². The highest BCUT2D eigenvalue weighted by Gasteiger charge is 2.08. The fourth-order valence-electron chi connectivity index (χ4n) is 1.54. The molecule has 0 aliphatic carbocycles. The molecule has 3 N–H and O–H groups in total. The van der Waals surface area contributed by atoms with Gasteiger partial charge in [-0.15, -0.1) is 0 Å².